The minimum absolute atomic E-state index is 1.28. The molecule has 0 heteroatoms. The van der Waals surface area contributed by atoms with Crippen LogP contribution in [-0.2, 0) is 12.8 Å². The average Bonchev–Trinajstić information content (AvgIpc) is 2.50. The van der Waals surface area contributed by atoms with Gasteiger partial charge < -0.3 is 0 Å². The van der Waals surface area contributed by atoms with Gasteiger partial charge in [-0.1, -0.05) is 83.4 Å². The maximum atomic E-state index is 2.34. The van der Waals surface area contributed by atoms with Gasteiger partial charge in [0.15, 0.2) is 0 Å². The van der Waals surface area contributed by atoms with Crippen LogP contribution in [-0.4, -0.2) is 0 Å². The van der Waals surface area contributed by atoms with Crippen molar-refractivity contribution in [3.63, 3.8) is 0 Å². The van der Waals surface area contributed by atoms with Gasteiger partial charge in [0.05, 0.1) is 0 Å². The number of rotatable bonds is 12. The Morgan fingerprint density at radius 3 is 1.48 bits per heavy atom. The van der Waals surface area contributed by atoms with Crippen LogP contribution in [0.1, 0.15) is 94.7 Å². The summed E-state index contributed by atoms with van der Waals surface area (Å²) in [5, 5.41) is 0. The average molecular weight is 289 g/mol. The van der Waals surface area contributed by atoms with E-state index in [9.17, 15) is 0 Å². The molecule has 0 spiro atoms. The largest absolute Gasteiger partial charge is 0.0654 e. The van der Waals surface area contributed by atoms with Crippen LogP contribution in [0, 0.1) is 6.92 Å². The molecule has 0 radical (unpaired) electrons. The fraction of sp³-hybridized carbons (Fsp3) is 0.714. The highest BCUT2D eigenvalue weighted by Gasteiger charge is 2.04. The molecule has 0 atom stereocenters. The maximum absolute atomic E-state index is 2.34. The van der Waals surface area contributed by atoms with Gasteiger partial charge in [-0.05, 0) is 49.3 Å². The number of hydrogen-bond acceptors (Lipinski definition) is 0. The monoisotopic (exact) mass is 288 g/mol. The minimum Gasteiger partial charge on any atom is -0.0654 e. The van der Waals surface area contributed by atoms with Crippen LogP contribution < -0.4 is 0 Å². The Balaban J connectivity index is 2.35. The quantitative estimate of drug-likeness (QED) is 0.362. The van der Waals surface area contributed by atoms with Gasteiger partial charge in [0, 0.05) is 0 Å². The molecular weight excluding hydrogens is 252 g/mol. The smallest absolute Gasteiger partial charge is 0.0276 e. The van der Waals surface area contributed by atoms with Gasteiger partial charge >= 0.3 is 0 Å². The van der Waals surface area contributed by atoms with Crippen LogP contribution >= 0.6 is 0 Å². The van der Waals surface area contributed by atoms with Crippen molar-refractivity contribution in [1.82, 2.24) is 0 Å². The highest BCUT2D eigenvalue weighted by atomic mass is 14.1. The third-order valence-corrected chi connectivity index (χ3v) is 4.66. The topological polar surface area (TPSA) is 0 Å². The molecule has 0 aromatic heterocycles. The first-order chi connectivity index (χ1) is 10.3. The third-order valence-electron chi connectivity index (χ3n) is 4.66. The summed E-state index contributed by atoms with van der Waals surface area (Å²) in [6.07, 6.45) is 16.4. The summed E-state index contributed by atoms with van der Waals surface area (Å²) in [5.41, 5.74) is 4.76. The number of benzene rings is 1. The summed E-state index contributed by atoms with van der Waals surface area (Å²) in [7, 11) is 0. The van der Waals surface area contributed by atoms with Crippen molar-refractivity contribution in [2.45, 2.75) is 97.8 Å². The molecular formula is C21H36. The molecule has 0 bridgehead atoms. The molecule has 0 saturated heterocycles. The summed E-state index contributed by atoms with van der Waals surface area (Å²) in [4.78, 5) is 0. The van der Waals surface area contributed by atoms with E-state index in [2.05, 4.69) is 39.0 Å². The first kappa shape index (κ1) is 18.3. The second kappa shape index (κ2) is 11.8. The molecule has 0 aliphatic carbocycles. The predicted octanol–water partition coefficient (Wildman–Crippen LogP) is 7.02. The highest BCUT2D eigenvalue weighted by molar-refractivity contribution is 5.34. The van der Waals surface area contributed by atoms with E-state index in [0.29, 0.717) is 0 Å². The molecule has 0 heterocycles. The summed E-state index contributed by atoms with van der Waals surface area (Å²) >= 11 is 0. The lowest BCUT2D eigenvalue weighted by Crippen LogP contribution is -1.97. The first-order valence-corrected chi connectivity index (χ1v) is 9.37. The molecule has 0 aliphatic heterocycles. The molecule has 1 aromatic carbocycles. The Hall–Kier alpha value is -0.780. The Bertz CT molecular complexity index is 332. The molecule has 0 N–H and O–H groups in total. The van der Waals surface area contributed by atoms with Gasteiger partial charge in [0.2, 0.25) is 0 Å². The predicted molar refractivity (Wildman–Crippen MR) is 96.1 cm³/mol. The standard InChI is InChI=1S/C21H36/c1-4-6-8-10-12-15-20-17-14-18-21(19(20)3)16-13-11-9-7-5-2/h14,17-18H,4-13,15-16H2,1-3H3. The summed E-state index contributed by atoms with van der Waals surface area (Å²) in [6, 6.07) is 6.96. The van der Waals surface area contributed by atoms with Crippen molar-refractivity contribution < 1.29 is 0 Å². The minimum atomic E-state index is 1.28. The molecule has 0 unspecified atom stereocenters. The lowest BCUT2D eigenvalue weighted by atomic mass is 9.94. The lowest BCUT2D eigenvalue weighted by Gasteiger charge is -2.11. The third kappa shape index (κ3) is 7.69. The van der Waals surface area contributed by atoms with Crippen molar-refractivity contribution in [3.05, 3.63) is 34.9 Å². The molecule has 0 amide bonds. The van der Waals surface area contributed by atoms with Gasteiger partial charge in [-0.25, -0.2) is 0 Å². The zero-order valence-electron chi connectivity index (χ0n) is 14.7. The molecule has 0 aliphatic rings. The van der Waals surface area contributed by atoms with Crippen LogP contribution in [0.15, 0.2) is 18.2 Å². The van der Waals surface area contributed by atoms with Crippen LogP contribution in [0.25, 0.3) is 0 Å². The Morgan fingerprint density at radius 2 is 1.05 bits per heavy atom. The van der Waals surface area contributed by atoms with Crippen molar-refractivity contribution in [3.8, 4) is 0 Å². The summed E-state index contributed by atoms with van der Waals surface area (Å²) in [6.45, 7) is 6.91. The van der Waals surface area contributed by atoms with Gasteiger partial charge in [-0.3, -0.25) is 0 Å². The zero-order valence-corrected chi connectivity index (χ0v) is 14.7. The molecule has 21 heavy (non-hydrogen) atoms. The molecule has 0 fully saturated rings. The van der Waals surface area contributed by atoms with E-state index in [1.807, 2.05) is 0 Å². The van der Waals surface area contributed by atoms with Gasteiger partial charge in [-0.15, -0.1) is 0 Å². The van der Waals surface area contributed by atoms with Crippen molar-refractivity contribution in [1.29, 1.82) is 0 Å². The lowest BCUT2D eigenvalue weighted by molar-refractivity contribution is 0.626. The fourth-order valence-corrected chi connectivity index (χ4v) is 3.12. The van der Waals surface area contributed by atoms with Gasteiger partial charge in [0.1, 0.15) is 0 Å². The summed E-state index contributed by atoms with van der Waals surface area (Å²) < 4.78 is 0. The van der Waals surface area contributed by atoms with Gasteiger partial charge in [0.25, 0.3) is 0 Å². The second-order valence-corrected chi connectivity index (χ2v) is 6.53. The maximum Gasteiger partial charge on any atom is -0.0276 e. The Labute approximate surface area is 133 Å². The summed E-state index contributed by atoms with van der Waals surface area (Å²) in [5.74, 6) is 0. The normalized spacial score (nSPS) is 11.0. The fourth-order valence-electron chi connectivity index (χ4n) is 3.12. The number of aryl methyl sites for hydroxylation is 2. The molecule has 0 saturated carbocycles. The SMILES string of the molecule is CCCCCCCc1cccc(CCCCCCC)c1C. The molecule has 0 nitrogen and oxygen atoms in total. The van der Waals surface area contributed by atoms with Crippen LogP contribution in [0.4, 0.5) is 0 Å². The van der Waals surface area contributed by atoms with Crippen molar-refractivity contribution in [2.75, 3.05) is 0 Å². The molecule has 1 aromatic rings. The van der Waals surface area contributed by atoms with Crippen molar-refractivity contribution >= 4 is 0 Å². The van der Waals surface area contributed by atoms with E-state index in [4.69, 9.17) is 0 Å². The zero-order chi connectivity index (χ0) is 15.3. The van der Waals surface area contributed by atoms with E-state index in [-0.39, 0.29) is 0 Å². The first-order valence-electron chi connectivity index (χ1n) is 9.37. The van der Waals surface area contributed by atoms with E-state index < -0.39 is 0 Å². The van der Waals surface area contributed by atoms with Gasteiger partial charge in [-0.2, -0.15) is 0 Å². The van der Waals surface area contributed by atoms with E-state index in [1.54, 1.807) is 16.7 Å². The number of hydrogen-bond donors (Lipinski definition) is 0. The Morgan fingerprint density at radius 1 is 0.619 bits per heavy atom. The van der Waals surface area contributed by atoms with E-state index in [1.165, 1.54) is 77.0 Å². The van der Waals surface area contributed by atoms with Crippen LogP contribution in [0.3, 0.4) is 0 Å². The Kier molecular flexibility index (Phi) is 10.3. The van der Waals surface area contributed by atoms with Crippen molar-refractivity contribution in [2.24, 2.45) is 0 Å². The number of unbranched alkanes of at least 4 members (excludes halogenated alkanes) is 8. The molecule has 120 valence electrons. The van der Waals surface area contributed by atoms with Crippen LogP contribution in [0.2, 0.25) is 0 Å². The highest BCUT2D eigenvalue weighted by Crippen LogP contribution is 2.19. The molecule has 1 rings (SSSR count). The van der Waals surface area contributed by atoms with Crippen LogP contribution in [0.5, 0.6) is 0 Å². The van der Waals surface area contributed by atoms with E-state index in [0.717, 1.165) is 0 Å². The second-order valence-electron chi connectivity index (χ2n) is 6.53. The van der Waals surface area contributed by atoms with E-state index >= 15 is 0 Å².